The van der Waals surface area contributed by atoms with Crippen molar-refractivity contribution in [2.45, 2.75) is 20.3 Å². The summed E-state index contributed by atoms with van der Waals surface area (Å²) in [7, 11) is 0. The summed E-state index contributed by atoms with van der Waals surface area (Å²) in [5.74, 6) is -0.756. The zero-order valence-corrected chi connectivity index (χ0v) is 14.0. The highest BCUT2D eigenvalue weighted by Crippen LogP contribution is 2.19. The molecule has 2 aromatic heterocycles. The topological polar surface area (TPSA) is 111 Å². The van der Waals surface area contributed by atoms with Crippen LogP contribution < -0.4 is 11.1 Å². The van der Waals surface area contributed by atoms with E-state index in [0.29, 0.717) is 21.9 Å². The van der Waals surface area contributed by atoms with Gasteiger partial charge in [0.15, 0.2) is 5.13 Å². The number of nitrogens with zero attached hydrogens (tertiary/aromatic N) is 3. The number of nitrogens with one attached hydrogen (secondary N) is 1. The average molecular weight is 341 g/mol. The van der Waals surface area contributed by atoms with Crippen molar-refractivity contribution in [3.8, 4) is 0 Å². The van der Waals surface area contributed by atoms with Crippen molar-refractivity contribution in [3.63, 3.8) is 0 Å². The van der Waals surface area contributed by atoms with Crippen LogP contribution in [0.2, 0.25) is 0 Å². The Labute approximate surface area is 142 Å². The highest BCUT2D eigenvalue weighted by molar-refractivity contribution is 7.14. The molecule has 0 bridgehead atoms. The monoisotopic (exact) mass is 341 g/mol. The molecule has 2 heterocycles. The molecule has 3 N–H and O–H groups in total. The fourth-order valence-electron chi connectivity index (χ4n) is 2.17. The maximum Gasteiger partial charge on any atom is 0.257 e. The largest absolute Gasteiger partial charge is 0.369 e. The lowest BCUT2D eigenvalue weighted by Crippen LogP contribution is -2.14. The minimum atomic E-state index is -0.461. The second-order valence-electron chi connectivity index (χ2n) is 5.34. The van der Waals surface area contributed by atoms with Crippen molar-refractivity contribution in [2.75, 3.05) is 5.32 Å². The molecule has 0 saturated carbocycles. The van der Waals surface area contributed by atoms with Crippen LogP contribution in [0.15, 0.2) is 23.6 Å². The second kappa shape index (κ2) is 6.32. The smallest absolute Gasteiger partial charge is 0.257 e. The van der Waals surface area contributed by atoms with Crippen molar-refractivity contribution < 1.29 is 9.59 Å². The number of nitrogens with two attached hydrogens (primary N) is 1. The molecule has 0 aliphatic rings. The minimum absolute atomic E-state index is 0.0521. The Morgan fingerprint density at radius 1 is 1.12 bits per heavy atom. The van der Waals surface area contributed by atoms with Gasteiger partial charge in [-0.2, -0.15) is 0 Å². The van der Waals surface area contributed by atoms with E-state index in [1.165, 1.54) is 11.3 Å². The number of aromatic nitrogens is 3. The molecule has 0 spiro atoms. The highest BCUT2D eigenvalue weighted by atomic mass is 32.1. The molecule has 0 aliphatic heterocycles. The summed E-state index contributed by atoms with van der Waals surface area (Å²) in [4.78, 5) is 36.3. The number of rotatable bonds is 4. The molecule has 0 fully saturated rings. The SMILES string of the molecule is Cc1nc2ccc(C(=O)Nc3nc(CC(N)=O)cs3)cc2nc1C. The fraction of sp³-hybridized carbons (Fsp3) is 0.188. The summed E-state index contributed by atoms with van der Waals surface area (Å²) >= 11 is 1.24. The first-order valence-electron chi connectivity index (χ1n) is 7.21. The number of aryl methyl sites for hydroxylation is 2. The van der Waals surface area contributed by atoms with Crippen molar-refractivity contribution >= 4 is 39.3 Å². The first-order chi connectivity index (χ1) is 11.4. The number of hydrogen-bond acceptors (Lipinski definition) is 6. The van der Waals surface area contributed by atoms with Gasteiger partial charge in [0, 0.05) is 10.9 Å². The number of fused-ring (bicyclic) bond motifs is 1. The summed E-state index contributed by atoms with van der Waals surface area (Å²) in [6.45, 7) is 3.78. The molecule has 0 atom stereocenters. The van der Waals surface area contributed by atoms with Gasteiger partial charge in [0.2, 0.25) is 5.91 Å². The Hall–Kier alpha value is -2.87. The van der Waals surface area contributed by atoms with Crippen LogP contribution in [-0.2, 0) is 11.2 Å². The van der Waals surface area contributed by atoms with Crippen LogP contribution in [0.25, 0.3) is 11.0 Å². The van der Waals surface area contributed by atoms with Gasteiger partial charge in [-0.05, 0) is 32.0 Å². The standard InChI is InChI=1S/C16H15N5O2S/c1-8-9(2)19-13-5-10(3-4-12(13)18-8)15(23)21-16-20-11(7-24-16)6-14(17)22/h3-5,7H,6H2,1-2H3,(H2,17,22)(H,20,21,23). The number of amides is 2. The Morgan fingerprint density at radius 3 is 2.54 bits per heavy atom. The van der Waals surface area contributed by atoms with Gasteiger partial charge in [-0.3, -0.25) is 14.9 Å². The third kappa shape index (κ3) is 3.38. The molecule has 122 valence electrons. The molecular formula is C16H15N5O2S. The van der Waals surface area contributed by atoms with E-state index in [-0.39, 0.29) is 12.3 Å². The molecule has 0 aliphatic carbocycles. The highest BCUT2D eigenvalue weighted by Gasteiger charge is 2.12. The minimum Gasteiger partial charge on any atom is -0.369 e. The number of benzene rings is 1. The maximum absolute atomic E-state index is 12.4. The van der Waals surface area contributed by atoms with Gasteiger partial charge in [0.1, 0.15) is 0 Å². The molecule has 7 nitrogen and oxygen atoms in total. The number of anilines is 1. The van der Waals surface area contributed by atoms with E-state index in [9.17, 15) is 9.59 Å². The van der Waals surface area contributed by atoms with Gasteiger partial charge in [-0.1, -0.05) is 0 Å². The summed E-state index contributed by atoms with van der Waals surface area (Å²) in [5.41, 5.74) is 9.24. The van der Waals surface area contributed by atoms with E-state index >= 15 is 0 Å². The van der Waals surface area contributed by atoms with Crippen molar-refractivity contribution in [2.24, 2.45) is 5.73 Å². The van der Waals surface area contributed by atoms with Crippen molar-refractivity contribution in [1.29, 1.82) is 0 Å². The van der Waals surface area contributed by atoms with E-state index in [1.54, 1.807) is 23.6 Å². The quantitative estimate of drug-likeness (QED) is 0.754. The van der Waals surface area contributed by atoms with E-state index in [4.69, 9.17) is 5.73 Å². The lowest BCUT2D eigenvalue weighted by Gasteiger charge is -2.05. The lowest BCUT2D eigenvalue weighted by atomic mass is 10.1. The Bertz CT molecular complexity index is 951. The number of hydrogen-bond donors (Lipinski definition) is 2. The number of carbonyl (C=O) groups excluding carboxylic acids is 2. The van der Waals surface area contributed by atoms with Gasteiger partial charge in [-0.25, -0.2) is 15.0 Å². The third-order valence-corrected chi connectivity index (χ3v) is 4.27. The number of primary amides is 1. The van der Waals surface area contributed by atoms with Crippen LogP contribution >= 0.6 is 11.3 Å². The normalized spacial score (nSPS) is 10.8. The van der Waals surface area contributed by atoms with Crippen LogP contribution in [0, 0.1) is 13.8 Å². The fourth-order valence-corrected chi connectivity index (χ4v) is 2.87. The maximum atomic E-state index is 12.4. The zero-order valence-electron chi connectivity index (χ0n) is 13.2. The molecule has 0 radical (unpaired) electrons. The van der Waals surface area contributed by atoms with E-state index in [0.717, 1.165) is 16.9 Å². The Kier molecular flexibility index (Phi) is 4.22. The number of carbonyl (C=O) groups is 2. The van der Waals surface area contributed by atoms with Crippen LogP contribution in [-0.4, -0.2) is 26.8 Å². The van der Waals surface area contributed by atoms with Crippen molar-refractivity contribution in [3.05, 3.63) is 46.2 Å². The first kappa shape index (κ1) is 16.0. The van der Waals surface area contributed by atoms with E-state index in [2.05, 4.69) is 20.3 Å². The molecule has 0 saturated heterocycles. The molecule has 8 heteroatoms. The van der Waals surface area contributed by atoms with Crippen LogP contribution in [0.4, 0.5) is 5.13 Å². The van der Waals surface area contributed by atoms with Crippen LogP contribution in [0.3, 0.4) is 0 Å². The Balaban J connectivity index is 1.82. The predicted molar refractivity (Wildman–Crippen MR) is 92.0 cm³/mol. The van der Waals surface area contributed by atoms with E-state index in [1.807, 2.05) is 13.8 Å². The van der Waals surface area contributed by atoms with Gasteiger partial charge in [-0.15, -0.1) is 11.3 Å². The molecule has 3 rings (SSSR count). The molecule has 1 aromatic carbocycles. The average Bonchev–Trinajstić information content (AvgIpc) is 2.94. The van der Waals surface area contributed by atoms with Crippen molar-refractivity contribution in [1.82, 2.24) is 15.0 Å². The van der Waals surface area contributed by atoms with E-state index < -0.39 is 5.91 Å². The molecule has 24 heavy (non-hydrogen) atoms. The predicted octanol–water partition coefficient (Wildman–Crippen LogP) is 1.98. The Morgan fingerprint density at radius 2 is 1.83 bits per heavy atom. The van der Waals surface area contributed by atoms with Crippen LogP contribution in [0.5, 0.6) is 0 Å². The van der Waals surface area contributed by atoms with Crippen LogP contribution in [0.1, 0.15) is 27.4 Å². The molecular weight excluding hydrogens is 326 g/mol. The third-order valence-electron chi connectivity index (χ3n) is 3.47. The van der Waals surface area contributed by atoms with Gasteiger partial charge < -0.3 is 5.73 Å². The number of thiazole rings is 1. The summed E-state index contributed by atoms with van der Waals surface area (Å²) in [6, 6.07) is 5.16. The molecule has 0 unspecified atom stereocenters. The van der Waals surface area contributed by atoms with Gasteiger partial charge in [0.25, 0.3) is 5.91 Å². The summed E-state index contributed by atoms with van der Waals surface area (Å²) in [6.07, 6.45) is 0.0521. The first-order valence-corrected chi connectivity index (χ1v) is 8.09. The molecule has 2 amide bonds. The second-order valence-corrected chi connectivity index (χ2v) is 6.20. The lowest BCUT2D eigenvalue weighted by molar-refractivity contribution is -0.117. The van der Waals surface area contributed by atoms with Gasteiger partial charge >= 0.3 is 0 Å². The summed E-state index contributed by atoms with van der Waals surface area (Å²) < 4.78 is 0. The van der Waals surface area contributed by atoms with Gasteiger partial charge in [0.05, 0.1) is 34.5 Å². The molecule has 3 aromatic rings. The zero-order chi connectivity index (χ0) is 17.3. The summed E-state index contributed by atoms with van der Waals surface area (Å²) in [5, 5.41) is 4.82.